The van der Waals surface area contributed by atoms with Crippen molar-refractivity contribution in [3.05, 3.63) is 18.2 Å². The molecular weight excluding hydrogens is 433 g/mol. The molecule has 0 aliphatic heterocycles. The Kier molecular flexibility index (Phi) is 14.3. The Morgan fingerprint density at radius 2 is 1.88 bits per heavy atom. The zero-order valence-electron chi connectivity index (χ0n) is 15.8. The summed E-state index contributed by atoms with van der Waals surface area (Å²) in [6, 6.07) is 5.77. The standard InChI is InChI=1S/C18H31N3O3.HI/c1-5-19-18(20-12-8-7-9-13-22-3)21-15-10-11-16(24-6-2)17(14-15)23-4;/h10-11,14H,5-9,12-13H2,1-4H3,(H2,19,20,21);1H. The highest BCUT2D eigenvalue weighted by atomic mass is 127. The van der Waals surface area contributed by atoms with Crippen molar-refractivity contribution in [2.24, 2.45) is 4.99 Å². The number of hydrogen-bond acceptors (Lipinski definition) is 4. The first-order valence-electron chi connectivity index (χ1n) is 8.60. The normalized spacial score (nSPS) is 10.8. The van der Waals surface area contributed by atoms with Crippen LogP contribution >= 0.6 is 24.0 Å². The molecular formula is C18H32IN3O3. The number of nitrogens with zero attached hydrogens (tertiary/aromatic N) is 1. The van der Waals surface area contributed by atoms with E-state index >= 15 is 0 Å². The van der Waals surface area contributed by atoms with Gasteiger partial charge in [-0.05, 0) is 45.2 Å². The maximum atomic E-state index is 5.54. The van der Waals surface area contributed by atoms with E-state index in [1.54, 1.807) is 14.2 Å². The van der Waals surface area contributed by atoms with Crippen molar-refractivity contribution in [3.8, 4) is 11.5 Å². The molecule has 0 radical (unpaired) electrons. The zero-order chi connectivity index (χ0) is 17.6. The van der Waals surface area contributed by atoms with Crippen LogP contribution in [0, 0.1) is 0 Å². The molecule has 0 spiro atoms. The van der Waals surface area contributed by atoms with Gasteiger partial charge in [0.15, 0.2) is 17.5 Å². The Morgan fingerprint density at radius 3 is 2.52 bits per heavy atom. The van der Waals surface area contributed by atoms with Gasteiger partial charge in [-0.15, -0.1) is 24.0 Å². The van der Waals surface area contributed by atoms with E-state index in [-0.39, 0.29) is 24.0 Å². The summed E-state index contributed by atoms with van der Waals surface area (Å²) in [5.41, 5.74) is 0.911. The highest BCUT2D eigenvalue weighted by Crippen LogP contribution is 2.30. The van der Waals surface area contributed by atoms with Crippen molar-refractivity contribution >= 4 is 35.6 Å². The average Bonchev–Trinajstić information content (AvgIpc) is 2.59. The maximum Gasteiger partial charge on any atom is 0.195 e. The Labute approximate surface area is 168 Å². The lowest BCUT2D eigenvalue weighted by Crippen LogP contribution is -2.30. The predicted molar refractivity (Wildman–Crippen MR) is 115 cm³/mol. The van der Waals surface area contributed by atoms with Crippen LogP contribution in [-0.2, 0) is 4.74 Å². The second-order valence-corrected chi connectivity index (χ2v) is 5.24. The van der Waals surface area contributed by atoms with Crippen LogP contribution in [0.5, 0.6) is 11.5 Å². The molecule has 0 saturated carbocycles. The summed E-state index contributed by atoms with van der Waals surface area (Å²) in [6.45, 7) is 7.02. The summed E-state index contributed by atoms with van der Waals surface area (Å²) in [4.78, 5) is 4.60. The van der Waals surface area contributed by atoms with Crippen molar-refractivity contribution in [1.29, 1.82) is 0 Å². The van der Waals surface area contributed by atoms with Gasteiger partial charge in [-0.25, -0.2) is 0 Å². The summed E-state index contributed by atoms with van der Waals surface area (Å²) in [5, 5.41) is 6.56. The number of anilines is 1. The lowest BCUT2D eigenvalue weighted by molar-refractivity contribution is 0.192. The van der Waals surface area contributed by atoms with Crippen molar-refractivity contribution in [2.45, 2.75) is 33.1 Å². The predicted octanol–water partition coefficient (Wildman–Crippen LogP) is 3.91. The van der Waals surface area contributed by atoms with Crippen LogP contribution in [0.1, 0.15) is 33.1 Å². The van der Waals surface area contributed by atoms with Gasteiger partial charge in [0.2, 0.25) is 0 Å². The molecule has 6 nitrogen and oxygen atoms in total. The van der Waals surface area contributed by atoms with Crippen molar-refractivity contribution in [1.82, 2.24) is 5.32 Å². The Bertz CT molecular complexity index is 498. The number of aliphatic imine (C=N–C) groups is 1. The number of guanidine groups is 1. The minimum Gasteiger partial charge on any atom is -0.493 e. The smallest absolute Gasteiger partial charge is 0.195 e. The van der Waals surface area contributed by atoms with Crippen LogP contribution < -0.4 is 20.1 Å². The fourth-order valence-electron chi connectivity index (χ4n) is 2.19. The van der Waals surface area contributed by atoms with Gasteiger partial charge in [0.25, 0.3) is 0 Å². The molecule has 0 aliphatic carbocycles. The number of nitrogens with one attached hydrogen (secondary N) is 2. The third-order valence-electron chi connectivity index (χ3n) is 3.35. The molecule has 0 fully saturated rings. The first-order valence-corrected chi connectivity index (χ1v) is 8.60. The largest absolute Gasteiger partial charge is 0.493 e. The third kappa shape index (κ3) is 9.74. The molecule has 0 bridgehead atoms. The van der Waals surface area contributed by atoms with Crippen molar-refractivity contribution in [2.75, 3.05) is 45.8 Å². The molecule has 0 heterocycles. The lowest BCUT2D eigenvalue weighted by Gasteiger charge is -2.14. The van der Waals surface area contributed by atoms with Crippen molar-refractivity contribution < 1.29 is 14.2 Å². The topological polar surface area (TPSA) is 64.1 Å². The summed E-state index contributed by atoms with van der Waals surface area (Å²) in [6.07, 6.45) is 3.24. The first kappa shape index (κ1) is 23.8. The number of rotatable bonds is 11. The van der Waals surface area contributed by atoms with Gasteiger partial charge in [-0.3, -0.25) is 4.99 Å². The summed E-state index contributed by atoms with van der Waals surface area (Å²) < 4.78 is 16.0. The molecule has 0 aromatic heterocycles. The van der Waals surface area contributed by atoms with Gasteiger partial charge in [0.05, 0.1) is 13.7 Å². The molecule has 0 atom stereocenters. The van der Waals surface area contributed by atoms with Gasteiger partial charge in [-0.2, -0.15) is 0 Å². The maximum absolute atomic E-state index is 5.54. The number of methoxy groups -OCH3 is 2. The molecule has 1 aromatic rings. The molecule has 1 rings (SSSR count). The Balaban J connectivity index is 0.00000576. The van der Waals surface area contributed by atoms with Gasteiger partial charge in [0, 0.05) is 38.6 Å². The molecule has 0 aliphatic rings. The summed E-state index contributed by atoms with van der Waals surface area (Å²) >= 11 is 0. The van der Waals surface area contributed by atoms with Crippen LogP contribution in [0.15, 0.2) is 23.2 Å². The molecule has 25 heavy (non-hydrogen) atoms. The van der Waals surface area contributed by atoms with Gasteiger partial charge in [0.1, 0.15) is 0 Å². The minimum absolute atomic E-state index is 0. The van der Waals surface area contributed by atoms with E-state index in [2.05, 4.69) is 22.5 Å². The van der Waals surface area contributed by atoms with Crippen LogP contribution in [0.2, 0.25) is 0 Å². The SMILES string of the molecule is CCNC(=NCCCCCOC)Nc1ccc(OCC)c(OC)c1.I. The fourth-order valence-corrected chi connectivity index (χ4v) is 2.19. The van der Waals surface area contributed by atoms with E-state index in [4.69, 9.17) is 14.2 Å². The number of unbranched alkanes of at least 4 members (excludes halogenated alkanes) is 2. The van der Waals surface area contributed by atoms with Crippen LogP contribution in [-0.4, -0.2) is 46.5 Å². The van der Waals surface area contributed by atoms with E-state index in [0.717, 1.165) is 56.4 Å². The molecule has 0 saturated heterocycles. The summed E-state index contributed by atoms with van der Waals surface area (Å²) in [5.74, 6) is 2.22. The van der Waals surface area contributed by atoms with Gasteiger partial charge < -0.3 is 24.8 Å². The molecule has 2 N–H and O–H groups in total. The lowest BCUT2D eigenvalue weighted by atomic mass is 10.2. The highest BCUT2D eigenvalue weighted by molar-refractivity contribution is 14.0. The Hall–Kier alpha value is -1.22. The van der Waals surface area contributed by atoms with E-state index in [0.29, 0.717) is 12.4 Å². The monoisotopic (exact) mass is 465 g/mol. The fraction of sp³-hybridized carbons (Fsp3) is 0.611. The van der Waals surface area contributed by atoms with E-state index in [1.807, 2.05) is 25.1 Å². The van der Waals surface area contributed by atoms with Gasteiger partial charge >= 0.3 is 0 Å². The summed E-state index contributed by atoms with van der Waals surface area (Å²) in [7, 11) is 3.37. The first-order chi connectivity index (χ1) is 11.7. The molecule has 1 aromatic carbocycles. The van der Waals surface area contributed by atoms with Crippen LogP contribution in [0.4, 0.5) is 5.69 Å². The van der Waals surface area contributed by atoms with Crippen molar-refractivity contribution in [3.63, 3.8) is 0 Å². The van der Waals surface area contributed by atoms with E-state index in [1.165, 1.54) is 0 Å². The minimum atomic E-state index is 0. The van der Waals surface area contributed by atoms with Crippen LogP contribution in [0.3, 0.4) is 0 Å². The highest BCUT2D eigenvalue weighted by Gasteiger charge is 2.06. The molecule has 0 unspecified atom stereocenters. The number of ether oxygens (including phenoxy) is 3. The Morgan fingerprint density at radius 1 is 1.08 bits per heavy atom. The number of hydrogen-bond donors (Lipinski definition) is 2. The quantitative estimate of drug-likeness (QED) is 0.225. The second-order valence-electron chi connectivity index (χ2n) is 5.24. The second kappa shape index (κ2) is 15.1. The molecule has 7 heteroatoms. The van der Waals surface area contributed by atoms with E-state index in [9.17, 15) is 0 Å². The molecule has 144 valence electrons. The zero-order valence-corrected chi connectivity index (χ0v) is 18.1. The van der Waals surface area contributed by atoms with E-state index < -0.39 is 0 Å². The average molecular weight is 465 g/mol. The van der Waals surface area contributed by atoms with Crippen LogP contribution in [0.25, 0.3) is 0 Å². The number of halogens is 1. The number of benzene rings is 1. The third-order valence-corrected chi connectivity index (χ3v) is 3.35. The molecule has 0 amide bonds. The van der Waals surface area contributed by atoms with Gasteiger partial charge in [-0.1, -0.05) is 0 Å².